The average Bonchev–Trinajstić information content (AvgIpc) is 2.47. The maximum atomic E-state index is 11.4. The third-order valence-corrected chi connectivity index (χ3v) is 3.13. The molecular weight excluding hydrogens is 140 g/mol. The molecule has 3 unspecified atom stereocenters. The maximum Gasteiger partial charge on any atom is 0.139 e. The minimum absolute atomic E-state index is 0.361. The van der Waals surface area contributed by atoms with Crippen molar-refractivity contribution in [3.05, 3.63) is 0 Å². The lowest BCUT2D eigenvalue weighted by Crippen LogP contribution is -2.17. The highest BCUT2D eigenvalue weighted by atomic mass is 16.5. The number of ether oxygens (including phenoxy) is 1. The molecule has 2 rings (SSSR count). The Morgan fingerprint density at radius 3 is 2.82 bits per heavy atom. The van der Waals surface area contributed by atoms with E-state index < -0.39 is 0 Å². The molecule has 62 valence electrons. The molecule has 2 heteroatoms. The van der Waals surface area contributed by atoms with Gasteiger partial charge < -0.3 is 4.74 Å². The maximum absolute atomic E-state index is 11.4. The fourth-order valence-corrected chi connectivity index (χ4v) is 2.60. The lowest BCUT2D eigenvalue weighted by Gasteiger charge is -2.18. The first-order valence-electron chi connectivity index (χ1n) is 4.35. The number of rotatable bonds is 2. The summed E-state index contributed by atoms with van der Waals surface area (Å²) in [5, 5.41) is 0. The molecule has 0 aromatic carbocycles. The summed E-state index contributed by atoms with van der Waals surface area (Å²) in [7, 11) is 1.72. The summed E-state index contributed by atoms with van der Waals surface area (Å²) in [6.07, 6.45) is 3.36. The van der Waals surface area contributed by atoms with Gasteiger partial charge in [0.2, 0.25) is 0 Å². The fourth-order valence-electron chi connectivity index (χ4n) is 2.60. The van der Waals surface area contributed by atoms with Gasteiger partial charge >= 0.3 is 0 Å². The highest BCUT2D eigenvalue weighted by Gasteiger charge is 2.46. The first-order chi connectivity index (χ1) is 5.33. The predicted octanol–water partition coefficient (Wildman–Crippen LogP) is 1.25. The van der Waals surface area contributed by atoms with Crippen LogP contribution in [-0.2, 0) is 9.53 Å². The molecule has 0 aliphatic heterocycles. The highest BCUT2D eigenvalue weighted by molar-refractivity contribution is 5.87. The summed E-state index contributed by atoms with van der Waals surface area (Å²) in [5.74, 6) is 1.83. The molecule has 0 spiro atoms. The van der Waals surface area contributed by atoms with E-state index in [4.69, 9.17) is 4.74 Å². The Morgan fingerprint density at radius 1 is 1.55 bits per heavy atom. The molecule has 2 aliphatic carbocycles. The van der Waals surface area contributed by atoms with Crippen molar-refractivity contribution in [2.75, 3.05) is 13.7 Å². The van der Waals surface area contributed by atoms with Crippen LogP contribution in [0.15, 0.2) is 0 Å². The normalized spacial score (nSPS) is 41.9. The Hall–Kier alpha value is -0.370. The number of carbonyl (C=O) groups is 1. The number of carbonyl (C=O) groups excluding carboxylic acids is 1. The second kappa shape index (κ2) is 2.59. The number of Topliss-reactive ketones (excluding diaryl/α,β-unsaturated/α-hetero) is 1. The van der Waals surface area contributed by atoms with Crippen molar-refractivity contribution < 1.29 is 9.53 Å². The van der Waals surface area contributed by atoms with Gasteiger partial charge in [0.05, 0.1) is 0 Å². The predicted molar refractivity (Wildman–Crippen MR) is 41.2 cm³/mol. The van der Waals surface area contributed by atoms with Crippen LogP contribution in [0.3, 0.4) is 0 Å². The summed E-state index contributed by atoms with van der Waals surface area (Å²) >= 11 is 0. The van der Waals surface area contributed by atoms with Gasteiger partial charge in [-0.3, -0.25) is 4.79 Å². The van der Waals surface area contributed by atoms with E-state index in [1.807, 2.05) is 0 Å². The molecule has 2 nitrogen and oxygen atoms in total. The molecule has 0 aromatic heterocycles. The van der Waals surface area contributed by atoms with Crippen LogP contribution in [0.5, 0.6) is 0 Å². The Labute approximate surface area is 66.9 Å². The van der Waals surface area contributed by atoms with Crippen LogP contribution in [-0.4, -0.2) is 19.5 Å². The van der Waals surface area contributed by atoms with E-state index in [1.165, 1.54) is 0 Å². The molecule has 0 heterocycles. The standard InChI is InChI=1S/C9H14O2/c1-11-5-7-4-6-2-3-8(7)9(6)10/h6-8H,2-5H2,1H3. The minimum Gasteiger partial charge on any atom is -0.384 e. The number of ketones is 1. The van der Waals surface area contributed by atoms with Crippen LogP contribution >= 0.6 is 0 Å². The van der Waals surface area contributed by atoms with Crippen LogP contribution in [0.4, 0.5) is 0 Å². The van der Waals surface area contributed by atoms with E-state index in [-0.39, 0.29) is 0 Å². The molecule has 0 aromatic rings. The first kappa shape index (κ1) is 7.29. The van der Waals surface area contributed by atoms with Crippen molar-refractivity contribution in [3.63, 3.8) is 0 Å². The topological polar surface area (TPSA) is 26.3 Å². The SMILES string of the molecule is COCC1CC2CCC1C2=O. The Kier molecular flexibility index (Phi) is 1.72. The minimum atomic E-state index is 0.361. The number of hydrogen-bond donors (Lipinski definition) is 0. The van der Waals surface area contributed by atoms with E-state index in [0.29, 0.717) is 23.5 Å². The van der Waals surface area contributed by atoms with E-state index in [0.717, 1.165) is 25.9 Å². The van der Waals surface area contributed by atoms with Gasteiger partial charge in [-0.05, 0) is 25.2 Å². The van der Waals surface area contributed by atoms with Crippen molar-refractivity contribution in [2.45, 2.75) is 19.3 Å². The summed E-state index contributed by atoms with van der Waals surface area (Å²) in [6.45, 7) is 0.785. The van der Waals surface area contributed by atoms with Crippen molar-refractivity contribution >= 4 is 5.78 Å². The van der Waals surface area contributed by atoms with Gasteiger partial charge in [0.15, 0.2) is 0 Å². The number of hydrogen-bond acceptors (Lipinski definition) is 2. The molecule has 2 bridgehead atoms. The Balaban J connectivity index is 2.03. The van der Waals surface area contributed by atoms with E-state index in [9.17, 15) is 4.79 Å². The quantitative estimate of drug-likeness (QED) is 0.598. The molecule has 2 aliphatic rings. The lowest BCUT2D eigenvalue weighted by atomic mass is 9.90. The lowest BCUT2D eigenvalue weighted by molar-refractivity contribution is -0.121. The van der Waals surface area contributed by atoms with Crippen molar-refractivity contribution in [3.8, 4) is 0 Å². The fraction of sp³-hybridized carbons (Fsp3) is 0.889. The van der Waals surface area contributed by atoms with Crippen LogP contribution in [0.1, 0.15) is 19.3 Å². The molecule has 0 radical (unpaired) electrons. The van der Waals surface area contributed by atoms with Crippen molar-refractivity contribution in [1.82, 2.24) is 0 Å². The molecule has 11 heavy (non-hydrogen) atoms. The monoisotopic (exact) mass is 154 g/mol. The zero-order chi connectivity index (χ0) is 7.84. The Morgan fingerprint density at radius 2 is 2.36 bits per heavy atom. The Bertz CT molecular complexity index is 176. The van der Waals surface area contributed by atoms with Gasteiger partial charge in [-0.1, -0.05) is 0 Å². The number of methoxy groups -OCH3 is 1. The third-order valence-electron chi connectivity index (χ3n) is 3.13. The summed E-state index contributed by atoms with van der Waals surface area (Å²) in [6, 6.07) is 0. The zero-order valence-electron chi connectivity index (χ0n) is 6.88. The second-order valence-electron chi connectivity index (χ2n) is 3.73. The van der Waals surface area contributed by atoms with Crippen LogP contribution in [0, 0.1) is 17.8 Å². The smallest absolute Gasteiger partial charge is 0.139 e. The van der Waals surface area contributed by atoms with E-state index >= 15 is 0 Å². The third kappa shape index (κ3) is 1.00. The van der Waals surface area contributed by atoms with Gasteiger partial charge in [0.25, 0.3) is 0 Å². The van der Waals surface area contributed by atoms with Crippen LogP contribution < -0.4 is 0 Å². The second-order valence-corrected chi connectivity index (χ2v) is 3.73. The molecule has 2 fully saturated rings. The van der Waals surface area contributed by atoms with Gasteiger partial charge in [0.1, 0.15) is 5.78 Å². The van der Waals surface area contributed by atoms with Crippen LogP contribution in [0.2, 0.25) is 0 Å². The van der Waals surface area contributed by atoms with Crippen molar-refractivity contribution in [2.24, 2.45) is 17.8 Å². The molecule has 2 saturated carbocycles. The molecule has 3 atom stereocenters. The number of fused-ring (bicyclic) bond motifs is 2. The van der Waals surface area contributed by atoms with Gasteiger partial charge in [-0.25, -0.2) is 0 Å². The summed E-state index contributed by atoms with van der Waals surface area (Å²) in [4.78, 5) is 11.4. The summed E-state index contributed by atoms with van der Waals surface area (Å²) < 4.78 is 5.07. The first-order valence-corrected chi connectivity index (χ1v) is 4.35. The highest BCUT2D eigenvalue weighted by Crippen LogP contribution is 2.45. The largest absolute Gasteiger partial charge is 0.384 e. The zero-order valence-corrected chi connectivity index (χ0v) is 6.88. The van der Waals surface area contributed by atoms with E-state index in [2.05, 4.69) is 0 Å². The van der Waals surface area contributed by atoms with Crippen LogP contribution in [0.25, 0.3) is 0 Å². The van der Waals surface area contributed by atoms with Crippen molar-refractivity contribution in [1.29, 1.82) is 0 Å². The molecule has 0 N–H and O–H groups in total. The molecule has 0 amide bonds. The van der Waals surface area contributed by atoms with E-state index in [1.54, 1.807) is 7.11 Å². The van der Waals surface area contributed by atoms with Gasteiger partial charge in [-0.15, -0.1) is 0 Å². The molecular formula is C9H14O2. The average molecular weight is 154 g/mol. The summed E-state index contributed by atoms with van der Waals surface area (Å²) in [5.41, 5.74) is 0. The molecule has 0 saturated heterocycles. The van der Waals surface area contributed by atoms with Gasteiger partial charge in [0, 0.05) is 25.6 Å². The van der Waals surface area contributed by atoms with Gasteiger partial charge in [-0.2, -0.15) is 0 Å².